The van der Waals surface area contributed by atoms with E-state index in [1.54, 1.807) is 19.4 Å². The summed E-state index contributed by atoms with van der Waals surface area (Å²) in [6, 6.07) is 7.59. The predicted octanol–water partition coefficient (Wildman–Crippen LogP) is 2.32. The lowest BCUT2D eigenvalue weighted by molar-refractivity contribution is 0.171. The molecule has 0 aliphatic rings. The topological polar surface area (TPSA) is 55.2 Å². The Morgan fingerprint density at radius 1 is 1.26 bits per heavy atom. The van der Waals surface area contributed by atoms with E-state index in [9.17, 15) is 5.11 Å². The largest absolute Gasteiger partial charge is 0.481 e. The van der Waals surface area contributed by atoms with E-state index in [2.05, 4.69) is 16.9 Å². The molecule has 0 aromatic carbocycles. The van der Waals surface area contributed by atoms with Crippen molar-refractivity contribution >= 4 is 0 Å². The van der Waals surface area contributed by atoms with Gasteiger partial charge in [0.2, 0.25) is 5.88 Å². The lowest BCUT2D eigenvalue weighted by Crippen LogP contribution is -2.06. The van der Waals surface area contributed by atoms with Gasteiger partial charge in [0.1, 0.15) is 0 Å². The van der Waals surface area contributed by atoms with Crippen LogP contribution in [0.1, 0.15) is 29.8 Å². The summed E-state index contributed by atoms with van der Waals surface area (Å²) in [7, 11) is 1.55. The first-order chi connectivity index (χ1) is 9.24. The first-order valence-corrected chi connectivity index (χ1v) is 6.35. The molecule has 0 amide bonds. The van der Waals surface area contributed by atoms with E-state index in [1.807, 2.05) is 24.4 Å². The number of nitrogens with zero attached hydrogens (tertiary/aromatic N) is 2. The van der Waals surface area contributed by atoms with Gasteiger partial charge in [0.15, 0.2) is 0 Å². The molecule has 4 nitrogen and oxygen atoms in total. The van der Waals surface area contributed by atoms with Crippen molar-refractivity contribution in [2.45, 2.75) is 25.9 Å². The van der Waals surface area contributed by atoms with E-state index < -0.39 is 6.10 Å². The Morgan fingerprint density at radius 2 is 2.11 bits per heavy atom. The van der Waals surface area contributed by atoms with Crippen LogP contribution in [0.3, 0.4) is 0 Å². The maximum Gasteiger partial charge on any atom is 0.218 e. The Balaban J connectivity index is 2.13. The molecule has 100 valence electrons. The van der Waals surface area contributed by atoms with E-state index in [-0.39, 0.29) is 0 Å². The standard InChI is InChI=1S/C15H18N2O2/c1-3-11-6-7-12(17-10-11)9-14(18)13-5-4-8-16-15(13)19-2/h4-8,10,14,18H,3,9H2,1-2H3. The van der Waals surface area contributed by atoms with Gasteiger partial charge in [0.25, 0.3) is 0 Å². The van der Waals surface area contributed by atoms with Crippen molar-refractivity contribution in [3.63, 3.8) is 0 Å². The van der Waals surface area contributed by atoms with Crippen LogP contribution in [0.2, 0.25) is 0 Å². The number of methoxy groups -OCH3 is 1. The first kappa shape index (κ1) is 13.5. The minimum atomic E-state index is -0.663. The molecule has 0 spiro atoms. The zero-order valence-electron chi connectivity index (χ0n) is 11.2. The smallest absolute Gasteiger partial charge is 0.218 e. The fraction of sp³-hybridized carbons (Fsp3) is 0.333. The highest BCUT2D eigenvalue weighted by molar-refractivity contribution is 5.29. The summed E-state index contributed by atoms with van der Waals surface area (Å²) in [5.41, 5.74) is 2.74. The van der Waals surface area contributed by atoms with Crippen LogP contribution in [0.5, 0.6) is 5.88 Å². The number of aliphatic hydroxyl groups is 1. The predicted molar refractivity (Wildman–Crippen MR) is 73.1 cm³/mol. The Hall–Kier alpha value is -1.94. The number of aryl methyl sites for hydroxylation is 1. The van der Waals surface area contributed by atoms with Crippen molar-refractivity contribution in [2.75, 3.05) is 7.11 Å². The summed E-state index contributed by atoms with van der Waals surface area (Å²) in [5, 5.41) is 10.3. The van der Waals surface area contributed by atoms with Gasteiger partial charge in [-0.05, 0) is 30.2 Å². The van der Waals surface area contributed by atoms with E-state index in [1.165, 1.54) is 5.56 Å². The molecule has 0 fully saturated rings. The number of pyridine rings is 2. The van der Waals surface area contributed by atoms with E-state index in [0.717, 1.165) is 12.1 Å². The molecule has 0 radical (unpaired) electrons. The minimum absolute atomic E-state index is 0.450. The summed E-state index contributed by atoms with van der Waals surface area (Å²) in [5.74, 6) is 0.458. The molecular formula is C15H18N2O2. The Labute approximate surface area is 113 Å². The third-order valence-electron chi connectivity index (χ3n) is 3.05. The van der Waals surface area contributed by atoms with Gasteiger partial charge in [-0.3, -0.25) is 4.98 Å². The van der Waals surface area contributed by atoms with Gasteiger partial charge in [-0.25, -0.2) is 4.98 Å². The molecule has 0 aliphatic carbocycles. The van der Waals surface area contributed by atoms with Gasteiger partial charge in [-0.2, -0.15) is 0 Å². The molecule has 0 aliphatic heterocycles. The summed E-state index contributed by atoms with van der Waals surface area (Å²) in [4.78, 5) is 8.43. The highest BCUT2D eigenvalue weighted by atomic mass is 16.5. The first-order valence-electron chi connectivity index (χ1n) is 6.35. The maximum atomic E-state index is 10.3. The monoisotopic (exact) mass is 258 g/mol. The molecule has 2 rings (SSSR count). The third-order valence-corrected chi connectivity index (χ3v) is 3.05. The van der Waals surface area contributed by atoms with Crippen LogP contribution >= 0.6 is 0 Å². The molecule has 1 unspecified atom stereocenters. The van der Waals surface area contributed by atoms with Crippen molar-refractivity contribution < 1.29 is 9.84 Å². The second-order valence-electron chi connectivity index (χ2n) is 4.33. The van der Waals surface area contributed by atoms with E-state index in [0.29, 0.717) is 17.9 Å². The van der Waals surface area contributed by atoms with Crippen LogP contribution in [0.15, 0.2) is 36.7 Å². The van der Waals surface area contributed by atoms with Crippen LogP contribution in [-0.2, 0) is 12.8 Å². The van der Waals surface area contributed by atoms with Crippen LogP contribution in [0.4, 0.5) is 0 Å². The van der Waals surface area contributed by atoms with Gasteiger partial charge in [0.05, 0.1) is 13.2 Å². The zero-order valence-corrected chi connectivity index (χ0v) is 11.2. The third kappa shape index (κ3) is 3.29. The quantitative estimate of drug-likeness (QED) is 0.894. The number of rotatable bonds is 5. The van der Waals surface area contributed by atoms with Crippen molar-refractivity contribution in [2.24, 2.45) is 0 Å². The second kappa shape index (κ2) is 6.29. The number of ether oxygens (including phenoxy) is 1. The molecule has 2 heterocycles. The summed E-state index contributed by atoms with van der Waals surface area (Å²) in [6.07, 6.45) is 4.24. The van der Waals surface area contributed by atoms with Crippen molar-refractivity contribution in [1.82, 2.24) is 9.97 Å². The van der Waals surface area contributed by atoms with Gasteiger partial charge in [-0.1, -0.05) is 13.0 Å². The van der Waals surface area contributed by atoms with Gasteiger partial charge >= 0.3 is 0 Å². The van der Waals surface area contributed by atoms with Gasteiger partial charge < -0.3 is 9.84 Å². The molecule has 2 aromatic heterocycles. The van der Waals surface area contributed by atoms with Crippen LogP contribution in [0, 0.1) is 0 Å². The minimum Gasteiger partial charge on any atom is -0.481 e. The molecule has 0 saturated carbocycles. The zero-order chi connectivity index (χ0) is 13.7. The number of aromatic nitrogens is 2. The maximum absolute atomic E-state index is 10.3. The van der Waals surface area contributed by atoms with Gasteiger partial charge in [0, 0.05) is 30.1 Å². The number of hydrogen-bond donors (Lipinski definition) is 1. The average Bonchev–Trinajstić information content (AvgIpc) is 2.48. The molecule has 19 heavy (non-hydrogen) atoms. The Morgan fingerprint density at radius 3 is 2.74 bits per heavy atom. The van der Waals surface area contributed by atoms with E-state index in [4.69, 9.17) is 4.74 Å². The molecular weight excluding hydrogens is 240 g/mol. The molecule has 4 heteroatoms. The molecule has 1 atom stereocenters. The number of hydrogen-bond acceptors (Lipinski definition) is 4. The summed E-state index contributed by atoms with van der Waals surface area (Å²) >= 11 is 0. The molecule has 1 N–H and O–H groups in total. The van der Waals surface area contributed by atoms with Gasteiger partial charge in [-0.15, -0.1) is 0 Å². The molecule has 0 saturated heterocycles. The normalized spacial score (nSPS) is 12.2. The van der Waals surface area contributed by atoms with Crippen LogP contribution < -0.4 is 4.74 Å². The summed E-state index contributed by atoms with van der Waals surface area (Å²) < 4.78 is 5.15. The Kier molecular flexibility index (Phi) is 4.47. The lowest BCUT2D eigenvalue weighted by Gasteiger charge is -2.13. The average molecular weight is 258 g/mol. The Bertz CT molecular complexity index is 526. The highest BCUT2D eigenvalue weighted by Gasteiger charge is 2.15. The van der Waals surface area contributed by atoms with Crippen LogP contribution in [0.25, 0.3) is 0 Å². The van der Waals surface area contributed by atoms with E-state index >= 15 is 0 Å². The van der Waals surface area contributed by atoms with Crippen molar-refractivity contribution in [1.29, 1.82) is 0 Å². The van der Waals surface area contributed by atoms with Crippen molar-refractivity contribution in [3.8, 4) is 5.88 Å². The highest BCUT2D eigenvalue weighted by Crippen LogP contribution is 2.24. The number of aliphatic hydroxyl groups excluding tert-OH is 1. The molecule has 2 aromatic rings. The fourth-order valence-corrected chi connectivity index (χ4v) is 1.92. The SMILES string of the molecule is CCc1ccc(CC(O)c2cccnc2OC)nc1. The van der Waals surface area contributed by atoms with Crippen molar-refractivity contribution in [3.05, 3.63) is 53.5 Å². The second-order valence-corrected chi connectivity index (χ2v) is 4.33. The fourth-order valence-electron chi connectivity index (χ4n) is 1.92. The van der Waals surface area contributed by atoms with Crippen LogP contribution in [-0.4, -0.2) is 22.2 Å². The lowest BCUT2D eigenvalue weighted by atomic mass is 10.1. The molecule has 0 bridgehead atoms. The summed E-state index contributed by atoms with van der Waals surface area (Å²) in [6.45, 7) is 2.09.